The van der Waals surface area contributed by atoms with Gasteiger partial charge in [-0.25, -0.2) is 4.99 Å². The fourth-order valence-corrected chi connectivity index (χ4v) is 2.82. The first-order valence-corrected chi connectivity index (χ1v) is 10.4. The zero-order valence-electron chi connectivity index (χ0n) is 19.0. The molecular weight excluding hydrogens is 546 g/mol. The van der Waals surface area contributed by atoms with Crippen LogP contribution < -0.4 is 16.0 Å². The molecule has 0 aliphatic heterocycles. The van der Waals surface area contributed by atoms with Crippen LogP contribution in [0.3, 0.4) is 0 Å². The summed E-state index contributed by atoms with van der Waals surface area (Å²) in [6, 6.07) is 12.3. The van der Waals surface area contributed by atoms with Crippen molar-refractivity contribution >= 4 is 35.8 Å². The lowest BCUT2D eigenvalue weighted by Crippen LogP contribution is -2.36. The number of aliphatic imine (C=N–C) groups is 1. The number of hydrogen-bond donors (Lipinski definition) is 3. The van der Waals surface area contributed by atoms with Gasteiger partial charge in [0.1, 0.15) is 0 Å². The van der Waals surface area contributed by atoms with Gasteiger partial charge in [0.15, 0.2) is 5.96 Å². The third-order valence-electron chi connectivity index (χ3n) is 4.54. The van der Waals surface area contributed by atoms with Gasteiger partial charge in [-0.3, -0.25) is 4.79 Å². The Morgan fingerprint density at radius 3 is 2.30 bits per heavy atom. The maximum Gasteiger partial charge on any atom is 0.416 e. The summed E-state index contributed by atoms with van der Waals surface area (Å²) in [6.45, 7) is 4.56. The number of rotatable bonds is 9. The van der Waals surface area contributed by atoms with Crippen molar-refractivity contribution in [3.05, 3.63) is 70.8 Å². The van der Waals surface area contributed by atoms with Gasteiger partial charge in [0.25, 0.3) is 5.91 Å². The Kier molecular flexibility index (Phi) is 12.2. The Morgan fingerprint density at radius 1 is 1.00 bits per heavy atom. The fourth-order valence-electron chi connectivity index (χ4n) is 2.82. The first-order chi connectivity index (χ1) is 15.2. The molecule has 33 heavy (non-hydrogen) atoms. The highest BCUT2D eigenvalue weighted by atomic mass is 127. The highest BCUT2D eigenvalue weighted by Gasteiger charge is 2.29. The number of halogens is 4. The second kappa shape index (κ2) is 14.0. The van der Waals surface area contributed by atoms with Crippen LogP contribution in [0.25, 0.3) is 0 Å². The van der Waals surface area contributed by atoms with E-state index in [0.717, 1.165) is 24.2 Å². The molecule has 10 heteroatoms. The maximum absolute atomic E-state index is 12.7. The predicted octanol–water partition coefficient (Wildman–Crippen LogP) is 3.87. The monoisotopic (exact) mass is 577 g/mol. The van der Waals surface area contributed by atoms with E-state index in [1.807, 2.05) is 38.1 Å². The average Bonchev–Trinajstić information content (AvgIpc) is 2.75. The quantitative estimate of drug-likeness (QED) is 0.241. The minimum atomic E-state index is -4.35. The molecule has 2 aromatic rings. The van der Waals surface area contributed by atoms with Crippen LogP contribution in [0.1, 0.15) is 34.0 Å². The maximum atomic E-state index is 12.7. The van der Waals surface area contributed by atoms with Crippen molar-refractivity contribution < 1.29 is 18.0 Å². The van der Waals surface area contributed by atoms with E-state index >= 15 is 0 Å². The van der Waals surface area contributed by atoms with Crippen molar-refractivity contribution in [3.63, 3.8) is 0 Å². The summed E-state index contributed by atoms with van der Waals surface area (Å²) >= 11 is 0. The minimum Gasteiger partial charge on any atom is -0.357 e. The number of likely N-dealkylation sites (N-methyl/N-ethyl adjacent to an activating group) is 1. The highest BCUT2D eigenvalue weighted by Crippen LogP contribution is 2.29. The van der Waals surface area contributed by atoms with Crippen molar-refractivity contribution in [1.29, 1.82) is 0 Å². The molecule has 0 saturated carbocycles. The number of guanidine groups is 1. The molecule has 2 aromatic carbocycles. The molecule has 0 saturated heterocycles. The zero-order chi connectivity index (χ0) is 23.6. The summed E-state index contributed by atoms with van der Waals surface area (Å²) < 4.78 is 38.1. The molecule has 2 rings (SSSR count). The summed E-state index contributed by atoms with van der Waals surface area (Å²) in [5.74, 6) is 0.401. The first-order valence-electron chi connectivity index (χ1n) is 10.4. The minimum absolute atomic E-state index is 0. The molecule has 0 radical (unpaired) electrons. The van der Waals surface area contributed by atoms with E-state index in [-0.39, 0.29) is 29.9 Å². The number of amides is 1. The molecule has 0 fully saturated rings. The van der Waals surface area contributed by atoms with E-state index in [4.69, 9.17) is 0 Å². The Morgan fingerprint density at radius 2 is 1.70 bits per heavy atom. The zero-order valence-corrected chi connectivity index (χ0v) is 21.3. The van der Waals surface area contributed by atoms with Crippen molar-refractivity contribution in [2.24, 2.45) is 4.99 Å². The van der Waals surface area contributed by atoms with Crippen LogP contribution in [0.4, 0.5) is 13.2 Å². The molecule has 0 spiro atoms. The number of benzene rings is 2. The van der Waals surface area contributed by atoms with Gasteiger partial charge in [-0.15, -0.1) is 24.0 Å². The lowest BCUT2D eigenvalue weighted by atomic mass is 10.1. The van der Waals surface area contributed by atoms with E-state index in [0.29, 0.717) is 43.3 Å². The topological polar surface area (TPSA) is 68.8 Å². The van der Waals surface area contributed by atoms with Gasteiger partial charge in [0.05, 0.1) is 12.1 Å². The van der Waals surface area contributed by atoms with E-state index in [1.54, 1.807) is 12.1 Å². The van der Waals surface area contributed by atoms with Gasteiger partial charge in [0, 0.05) is 31.7 Å². The van der Waals surface area contributed by atoms with Crippen molar-refractivity contribution in [1.82, 2.24) is 20.9 Å². The Labute approximate surface area is 210 Å². The van der Waals surface area contributed by atoms with Gasteiger partial charge < -0.3 is 20.9 Å². The Bertz CT molecular complexity index is 902. The van der Waals surface area contributed by atoms with E-state index in [1.165, 1.54) is 12.1 Å². The van der Waals surface area contributed by atoms with Gasteiger partial charge in [-0.2, -0.15) is 13.2 Å². The molecule has 0 bridgehead atoms. The summed E-state index contributed by atoms with van der Waals surface area (Å²) in [7, 11) is 3.89. The van der Waals surface area contributed by atoms with Crippen LogP contribution in [0.2, 0.25) is 0 Å². The molecule has 0 aliphatic carbocycles. The van der Waals surface area contributed by atoms with Crippen LogP contribution in [-0.4, -0.2) is 50.5 Å². The lowest BCUT2D eigenvalue weighted by Gasteiger charge is -2.13. The largest absolute Gasteiger partial charge is 0.416 e. The van der Waals surface area contributed by atoms with Crippen molar-refractivity contribution in [2.45, 2.75) is 26.2 Å². The van der Waals surface area contributed by atoms with E-state index < -0.39 is 11.7 Å². The second-order valence-electron chi connectivity index (χ2n) is 7.50. The molecule has 6 nitrogen and oxygen atoms in total. The standard InChI is InChI=1S/C23H30F3N5O.HI/c1-4-27-22(29-15-17-8-10-20(11-9-17)23(24,25)26)30-16-18-6-5-7-19(14-18)21(32)28-12-13-31(2)3;/h5-11,14H,4,12-13,15-16H2,1-3H3,(H,28,32)(H2,27,29,30);1H. The number of nitrogens with zero attached hydrogens (tertiary/aromatic N) is 2. The van der Waals surface area contributed by atoms with Crippen molar-refractivity contribution in [3.8, 4) is 0 Å². The van der Waals surface area contributed by atoms with Gasteiger partial charge in [-0.05, 0) is 56.4 Å². The first kappa shape index (κ1) is 28.7. The van der Waals surface area contributed by atoms with E-state index in [9.17, 15) is 18.0 Å². The average molecular weight is 577 g/mol. The van der Waals surface area contributed by atoms with Crippen LogP contribution in [0.5, 0.6) is 0 Å². The molecule has 0 aromatic heterocycles. The molecule has 0 aliphatic rings. The summed E-state index contributed by atoms with van der Waals surface area (Å²) in [4.78, 5) is 18.8. The van der Waals surface area contributed by atoms with Crippen LogP contribution >= 0.6 is 24.0 Å². The molecule has 182 valence electrons. The smallest absolute Gasteiger partial charge is 0.357 e. The molecule has 0 heterocycles. The number of carbonyl (C=O) groups is 1. The number of alkyl halides is 3. The molecular formula is C23H31F3IN5O. The van der Waals surface area contributed by atoms with Crippen LogP contribution in [0, 0.1) is 0 Å². The van der Waals surface area contributed by atoms with Crippen molar-refractivity contribution in [2.75, 3.05) is 33.7 Å². The molecule has 3 N–H and O–H groups in total. The van der Waals surface area contributed by atoms with E-state index in [2.05, 4.69) is 20.9 Å². The SMILES string of the molecule is CCNC(=NCc1cccc(C(=O)NCCN(C)C)c1)NCc1ccc(C(F)(F)F)cc1.I. The molecule has 1 amide bonds. The predicted molar refractivity (Wildman–Crippen MR) is 136 cm³/mol. The number of carbonyl (C=O) groups excluding carboxylic acids is 1. The number of hydrogen-bond acceptors (Lipinski definition) is 3. The van der Waals surface area contributed by atoms with Crippen LogP contribution in [0.15, 0.2) is 53.5 Å². The summed E-state index contributed by atoms with van der Waals surface area (Å²) in [5, 5.41) is 9.11. The highest BCUT2D eigenvalue weighted by molar-refractivity contribution is 14.0. The molecule has 0 unspecified atom stereocenters. The summed E-state index contributed by atoms with van der Waals surface area (Å²) in [6.07, 6.45) is -4.35. The van der Waals surface area contributed by atoms with Gasteiger partial charge in [0.2, 0.25) is 0 Å². The van der Waals surface area contributed by atoms with Gasteiger partial charge >= 0.3 is 6.18 Å². The molecule has 0 atom stereocenters. The fraction of sp³-hybridized carbons (Fsp3) is 0.391. The third kappa shape index (κ3) is 10.4. The lowest BCUT2D eigenvalue weighted by molar-refractivity contribution is -0.137. The van der Waals surface area contributed by atoms with Crippen LogP contribution in [-0.2, 0) is 19.3 Å². The third-order valence-corrected chi connectivity index (χ3v) is 4.54. The summed E-state index contributed by atoms with van der Waals surface area (Å²) in [5.41, 5.74) is 1.48. The second-order valence-corrected chi connectivity index (χ2v) is 7.50. The Hall–Kier alpha value is -2.34. The number of nitrogens with one attached hydrogen (secondary N) is 3. The van der Waals surface area contributed by atoms with Gasteiger partial charge in [-0.1, -0.05) is 24.3 Å². The Balaban J connectivity index is 0.00000544. The normalized spacial score (nSPS) is 11.7.